The Labute approximate surface area is 354 Å². The molecule has 0 N–H and O–H groups in total. The maximum atomic E-state index is 1.71. The molecule has 0 spiro atoms. The van der Waals surface area contributed by atoms with Gasteiger partial charge in [0.05, 0.1) is 0 Å². The molecule has 11 aliphatic carbocycles. The minimum atomic E-state index is 1.10. The summed E-state index contributed by atoms with van der Waals surface area (Å²) in [6, 6.07) is 0. The van der Waals surface area contributed by atoms with Gasteiger partial charge < -0.3 is 0 Å². The zero-order valence-electron chi connectivity index (χ0n) is 37.7. The lowest BCUT2D eigenvalue weighted by Crippen LogP contribution is -2.45. The molecule has 0 aromatic rings. The summed E-state index contributed by atoms with van der Waals surface area (Å²) in [5, 5.41) is 0. The summed E-state index contributed by atoms with van der Waals surface area (Å²) in [7, 11) is 0. The Morgan fingerprint density at radius 2 is 0.386 bits per heavy atom. The van der Waals surface area contributed by atoms with Crippen LogP contribution in [0.1, 0.15) is 238 Å². The molecule has 11 fully saturated rings. The van der Waals surface area contributed by atoms with Crippen molar-refractivity contribution in [2.75, 3.05) is 0 Å². The molecule has 17 atom stereocenters. The fraction of sp³-hybridized carbons (Fsp3) is 1.00. The number of hydrogen-bond acceptors (Lipinski definition) is 0. The molecule has 57 heavy (non-hydrogen) atoms. The van der Waals surface area contributed by atoms with Gasteiger partial charge in [0.1, 0.15) is 0 Å². The van der Waals surface area contributed by atoms with Gasteiger partial charge in [-0.2, -0.15) is 0 Å². The molecular formula is C57H94. The van der Waals surface area contributed by atoms with Crippen LogP contribution in [0.5, 0.6) is 0 Å². The molecule has 0 bridgehead atoms. The van der Waals surface area contributed by atoms with E-state index < -0.39 is 0 Å². The zero-order chi connectivity index (χ0) is 37.7. The van der Waals surface area contributed by atoms with Crippen molar-refractivity contribution < 1.29 is 0 Å². The van der Waals surface area contributed by atoms with Gasteiger partial charge in [-0.15, -0.1) is 0 Å². The lowest BCUT2D eigenvalue weighted by atomic mass is 9.51. The van der Waals surface area contributed by atoms with E-state index in [1.165, 1.54) is 12.8 Å². The molecule has 0 nitrogen and oxygen atoms in total. The summed E-state index contributed by atoms with van der Waals surface area (Å²) in [5.41, 5.74) is 0. The van der Waals surface area contributed by atoms with E-state index in [9.17, 15) is 0 Å². The fourth-order valence-corrected chi connectivity index (χ4v) is 20.8. The van der Waals surface area contributed by atoms with Crippen molar-refractivity contribution in [3.05, 3.63) is 0 Å². The van der Waals surface area contributed by atoms with E-state index in [4.69, 9.17) is 0 Å². The molecular weight excluding hydrogens is 685 g/mol. The minimum absolute atomic E-state index is 1.10. The van der Waals surface area contributed by atoms with Crippen LogP contribution in [0.25, 0.3) is 0 Å². The number of rotatable bonds is 6. The molecule has 11 saturated carbocycles. The van der Waals surface area contributed by atoms with Crippen molar-refractivity contribution in [1.29, 1.82) is 0 Å². The molecule has 0 saturated heterocycles. The van der Waals surface area contributed by atoms with Gasteiger partial charge in [-0.25, -0.2) is 0 Å². The first-order valence-electron chi connectivity index (χ1n) is 28.2. The Kier molecular flexibility index (Phi) is 12.6. The molecule has 0 heterocycles. The Hall–Kier alpha value is 0. The Morgan fingerprint density at radius 3 is 0.930 bits per heavy atom. The van der Waals surface area contributed by atoms with Gasteiger partial charge in [-0.05, 0) is 215 Å². The normalized spacial score (nSPS) is 50.6. The van der Waals surface area contributed by atoms with E-state index in [0.29, 0.717) is 0 Å². The highest BCUT2D eigenvalue weighted by Crippen LogP contribution is 2.65. The van der Waals surface area contributed by atoms with Crippen molar-refractivity contribution in [2.24, 2.45) is 118 Å². The van der Waals surface area contributed by atoms with Gasteiger partial charge in [0.2, 0.25) is 0 Å². The van der Waals surface area contributed by atoms with Crippen LogP contribution in [0, 0.1) is 118 Å². The first-order chi connectivity index (χ1) is 28.2. The van der Waals surface area contributed by atoms with Crippen molar-refractivity contribution in [1.82, 2.24) is 0 Å². The molecule has 0 radical (unpaired) electrons. The van der Waals surface area contributed by atoms with Crippen molar-refractivity contribution in [2.45, 2.75) is 238 Å². The lowest BCUT2D eigenvalue weighted by Gasteiger charge is -2.54. The second kappa shape index (κ2) is 18.0. The van der Waals surface area contributed by atoms with Crippen LogP contribution in [0.15, 0.2) is 0 Å². The van der Waals surface area contributed by atoms with E-state index in [1.807, 2.05) is 0 Å². The maximum Gasteiger partial charge on any atom is -0.0323 e. The highest BCUT2D eigenvalue weighted by atomic mass is 14.6. The third-order valence-corrected chi connectivity index (χ3v) is 23.3. The summed E-state index contributed by atoms with van der Waals surface area (Å²) >= 11 is 0. The van der Waals surface area contributed by atoms with Gasteiger partial charge >= 0.3 is 0 Å². The molecule has 0 aliphatic heterocycles. The van der Waals surface area contributed by atoms with Crippen LogP contribution in [-0.2, 0) is 0 Å². The molecule has 0 aromatic carbocycles. The SMILES string of the molecule is C1CCC(C2CCC3CC(C4CC(C5CCCC(C6CCCCC6)C5)CC(C5CC(C6CCCCC6)CC6CC7CC8CCCCC8CC7C65)C4)CCC3C2)CC1. The quantitative estimate of drug-likeness (QED) is 0.252. The average molecular weight is 779 g/mol. The summed E-state index contributed by atoms with van der Waals surface area (Å²) < 4.78 is 0. The molecule has 11 aliphatic rings. The molecule has 322 valence electrons. The van der Waals surface area contributed by atoms with E-state index in [0.717, 1.165) is 118 Å². The monoisotopic (exact) mass is 779 g/mol. The lowest BCUT2D eigenvalue weighted by molar-refractivity contribution is -0.0413. The number of hydrogen-bond donors (Lipinski definition) is 0. The third kappa shape index (κ3) is 8.45. The summed E-state index contributed by atoms with van der Waals surface area (Å²) in [6.45, 7) is 0. The predicted molar refractivity (Wildman–Crippen MR) is 241 cm³/mol. The average Bonchev–Trinajstić information content (AvgIpc) is 3.65. The summed E-state index contributed by atoms with van der Waals surface area (Å²) in [6.07, 6.45) is 59.8. The molecule has 0 amide bonds. The van der Waals surface area contributed by atoms with Crippen molar-refractivity contribution in [3.8, 4) is 0 Å². The summed E-state index contributed by atoms with van der Waals surface area (Å²) in [4.78, 5) is 0. The largest absolute Gasteiger partial charge is 0.0533 e. The molecule has 0 heteroatoms. The van der Waals surface area contributed by atoms with Gasteiger partial charge in [-0.1, -0.05) is 141 Å². The highest BCUT2D eigenvalue weighted by Gasteiger charge is 2.56. The van der Waals surface area contributed by atoms with E-state index in [-0.39, 0.29) is 0 Å². The van der Waals surface area contributed by atoms with Crippen molar-refractivity contribution in [3.63, 3.8) is 0 Å². The zero-order valence-corrected chi connectivity index (χ0v) is 37.7. The minimum Gasteiger partial charge on any atom is -0.0533 e. The van der Waals surface area contributed by atoms with Gasteiger partial charge in [0, 0.05) is 0 Å². The van der Waals surface area contributed by atoms with Crippen molar-refractivity contribution >= 4 is 0 Å². The Bertz CT molecular complexity index is 1260. The predicted octanol–water partition coefficient (Wildman–Crippen LogP) is 16.9. The van der Waals surface area contributed by atoms with Gasteiger partial charge in [0.15, 0.2) is 0 Å². The molecule has 11 rings (SSSR count). The molecule has 17 unspecified atom stereocenters. The van der Waals surface area contributed by atoms with Crippen LogP contribution >= 0.6 is 0 Å². The maximum absolute atomic E-state index is 1.71. The first kappa shape index (κ1) is 39.8. The second-order valence-electron chi connectivity index (χ2n) is 25.7. The van der Waals surface area contributed by atoms with E-state index >= 15 is 0 Å². The van der Waals surface area contributed by atoms with Crippen LogP contribution in [0.3, 0.4) is 0 Å². The molecule has 0 aromatic heterocycles. The second-order valence-corrected chi connectivity index (χ2v) is 25.7. The van der Waals surface area contributed by atoms with Crippen LogP contribution in [0.4, 0.5) is 0 Å². The van der Waals surface area contributed by atoms with Crippen LogP contribution in [0.2, 0.25) is 0 Å². The Balaban J connectivity index is 0.855. The van der Waals surface area contributed by atoms with Gasteiger partial charge in [0.25, 0.3) is 0 Å². The standard InChI is InChI=1S/C57H94/c1-4-13-38(14-5-1)41-21-12-22-43(27-41)49-31-50(48-26-25-46-28-45(23-24-47(46)29-48)39-15-6-2-7-16-39)33-53(32-49)56-37-51(40-17-8-3-9-18-40)34-54-35-52-30-42-19-10-11-20-44(42)36-55(52)57(54)56/h38-57H,1-37H2. The van der Waals surface area contributed by atoms with E-state index in [1.54, 1.807) is 225 Å². The topological polar surface area (TPSA) is 0 Å². The first-order valence-corrected chi connectivity index (χ1v) is 28.2. The van der Waals surface area contributed by atoms with E-state index in [2.05, 4.69) is 0 Å². The third-order valence-electron chi connectivity index (χ3n) is 23.3. The fourth-order valence-electron chi connectivity index (χ4n) is 20.8. The summed E-state index contributed by atoms with van der Waals surface area (Å²) in [5.74, 6) is 22.3. The van der Waals surface area contributed by atoms with Crippen LogP contribution in [-0.4, -0.2) is 0 Å². The van der Waals surface area contributed by atoms with Crippen LogP contribution < -0.4 is 0 Å². The van der Waals surface area contributed by atoms with Gasteiger partial charge in [-0.3, -0.25) is 0 Å². The smallest absolute Gasteiger partial charge is 0.0323 e. The Morgan fingerprint density at radius 1 is 0.140 bits per heavy atom. The highest BCUT2D eigenvalue weighted by molar-refractivity contribution is 5.06. The number of fused-ring (bicyclic) bond motifs is 5.